The fraction of sp³-hybridized carbons (Fsp3) is 0.846. The van der Waals surface area contributed by atoms with Crippen LogP contribution in [0, 0.1) is 0 Å². The molecule has 1 aliphatic heterocycles. The molecule has 0 N–H and O–H groups in total. The zero-order valence-corrected chi connectivity index (χ0v) is 11.4. The van der Waals surface area contributed by atoms with Crippen LogP contribution in [0.2, 0.25) is 0 Å². The van der Waals surface area contributed by atoms with Crippen LogP contribution >= 0.6 is 0 Å². The average molecular weight is 236 g/mol. The lowest BCUT2D eigenvalue weighted by molar-refractivity contribution is 0.170. The highest BCUT2D eigenvalue weighted by Crippen LogP contribution is 2.27. The number of likely N-dealkylation sites (tertiary alicyclic amines) is 1. The standard InChI is InChI=1S/C13H24N4/c1-10(2)16-7-5-12(6-8-16)13-9-14-17(15-13)11(3)4/h9-12H,5-8H2,1-4H3. The van der Waals surface area contributed by atoms with Crippen LogP contribution in [0.15, 0.2) is 6.20 Å². The van der Waals surface area contributed by atoms with Crippen molar-refractivity contribution in [2.45, 2.75) is 58.5 Å². The Morgan fingerprint density at radius 2 is 1.76 bits per heavy atom. The molecule has 1 aliphatic rings. The van der Waals surface area contributed by atoms with Gasteiger partial charge < -0.3 is 4.90 Å². The third-order valence-electron chi connectivity index (χ3n) is 3.67. The van der Waals surface area contributed by atoms with Gasteiger partial charge in [-0.3, -0.25) is 0 Å². The van der Waals surface area contributed by atoms with Gasteiger partial charge in [0.1, 0.15) is 0 Å². The molecule has 4 nitrogen and oxygen atoms in total. The van der Waals surface area contributed by atoms with E-state index in [1.807, 2.05) is 11.0 Å². The Morgan fingerprint density at radius 1 is 1.12 bits per heavy atom. The first-order valence-corrected chi connectivity index (χ1v) is 6.73. The van der Waals surface area contributed by atoms with Crippen molar-refractivity contribution in [2.75, 3.05) is 13.1 Å². The monoisotopic (exact) mass is 236 g/mol. The molecule has 1 saturated heterocycles. The van der Waals surface area contributed by atoms with E-state index in [4.69, 9.17) is 0 Å². The molecular weight excluding hydrogens is 212 g/mol. The molecule has 17 heavy (non-hydrogen) atoms. The number of piperidine rings is 1. The molecule has 2 rings (SSSR count). The minimum Gasteiger partial charge on any atom is -0.301 e. The van der Waals surface area contributed by atoms with Gasteiger partial charge in [0.2, 0.25) is 0 Å². The minimum atomic E-state index is 0.361. The van der Waals surface area contributed by atoms with E-state index in [9.17, 15) is 0 Å². The van der Waals surface area contributed by atoms with Gasteiger partial charge in [-0.25, -0.2) is 0 Å². The maximum atomic E-state index is 4.59. The van der Waals surface area contributed by atoms with E-state index >= 15 is 0 Å². The molecule has 0 spiro atoms. The molecule has 4 heteroatoms. The lowest BCUT2D eigenvalue weighted by Gasteiger charge is -2.33. The molecule has 0 unspecified atom stereocenters. The van der Waals surface area contributed by atoms with Crippen molar-refractivity contribution in [1.29, 1.82) is 0 Å². The first kappa shape index (κ1) is 12.6. The molecule has 0 atom stereocenters. The van der Waals surface area contributed by atoms with Crippen LogP contribution in [0.25, 0.3) is 0 Å². The fourth-order valence-electron chi connectivity index (χ4n) is 2.44. The summed E-state index contributed by atoms with van der Waals surface area (Å²) in [5.74, 6) is 0.609. The number of rotatable bonds is 3. The predicted molar refractivity (Wildman–Crippen MR) is 69.1 cm³/mol. The van der Waals surface area contributed by atoms with E-state index in [1.54, 1.807) is 0 Å². The summed E-state index contributed by atoms with van der Waals surface area (Å²) >= 11 is 0. The molecule has 0 saturated carbocycles. The topological polar surface area (TPSA) is 34.0 Å². The Hall–Kier alpha value is -0.900. The highest BCUT2D eigenvalue weighted by atomic mass is 15.5. The average Bonchev–Trinajstić information content (AvgIpc) is 2.78. The summed E-state index contributed by atoms with van der Waals surface area (Å²) in [5, 5.41) is 8.93. The van der Waals surface area contributed by atoms with Crippen LogP contribution in [0.1, 0.15) is 58.2 Å². The smallest absolute Gasteiger partial charge is 0.0859 e. The molecule has 0 radical (unpaired) electrons. The molecule has 1 fully saturated rings. The lowest BCUT2D eigenvalue weighted by Crippen LogP contribution is -2.37. The van der Waals surface area contributed by atoms with E-state index in [-0.39, 0.29) is 0 Å². The molecule has 0 aliphatic carbocycles. The Balaban J connectivity index is 1.96. The largest absolute Gasteiger partial charge is 0.301 e. The highest BCUT2D eigenvalue weighted by molar-refractivity contribution is 5.03. The van der Waals surface area contributed by atoms with Gasteiger partial charge in [0.05, 0.1) is 17.9 Å². The first-order chi connectivity index (χ1) is 8.08. The normalized spacial score (nSPS) is 19.4. The van der Waals surface area contributed by atoms with Gasteiger partial charge in [0, 0.05) is 12.0 Å². The van der Waals surface area contributed by atoms with Crippen LogP contribution < -0.4 is 0 Å². The summed E-state index contributed by atoms with van der Waals surface area (Å²) in [4.78, 5) is 4.37. The minimum absolute atomic E-state index is 0.361. The Bertz CT molecular complexity index is 348. The quantitative estimate of drug-likeness (QED) is 0.808. The van der Waals surface area contributed by atoms with Gasteiger partial charge >= 0.3 is 0 Å². The predicted octanol–water partition coefficient (Wildman–Crippen LogP) is 2.45. The second-order valence-electron chi connectivity index (χ2n) is 5.59. The van der Waals surface area contributed by atoms with Crippen molar-refractivity contribution in [3.8, 4) is 0 Å². The van der Waals surface area contributed by atoms with Crippen molar-refractivity contribution in [1.82, 2.24) is 19.9 Å². The molecule has 1 aromatic rings. The fourth-order valence-corrected chi connectivity index (χ4v) is 2.44. The van der Waals surface area contributed by atoms with E-state index in [1.165, 1.54) is 31.6 Å². The van der Waals surface area contributed by atoms with Gasteiger partial charge in [-0.05, 0) is 53.6 Å². The van der Waals surface area contributed by atoms with Crippen LogP contribution in [-0.2, 0) is 0 Å². The zero-order chi connectivity index (χ0) is 12.4. The lowest BCUT2D eigenvalue weighted by atomic mass is 9.93. The van der Waals surface area contributed by atoms with Crippen molar-refractivity contribution in [2.24, 2.45) is 0 Å². The second-order valence-corrected chi connectivity index (χ2v) is 5.59. The Labute approximate surface area is 104 Å². The molecule has 0 aromatic carbocycles. The summed E-state index contributed by atoms with van der Waals surface area (Å²) in [6.07, 6.45) is 4.39. The van der Waals surface area contributed by atoms with Gasteiger partial charge in [0.25, 0.3) is 0 Å². The molecule has 96 valence electrons. The van der Waals surface area contributed by atoms with E-state index in [0.717, 1.165) is 0 Å². The molecule has 0 bridgehead atoms. The van der Waals surface area contributed by atoms with Crippen molar-refractivity contribution in [3.63, 3.8) is 0 Å². The summed E-state index contributed by atoms with van der Waals surface area (Å²) in [7, 11) is 0. The second kappa shape index (κ2) is 5.17. The van der Waals surface area contributed by atoms with E-state index < -0.39 is 0 Å². The summed E-state index contributed by atoms with van der Waals surface area (Å²) in [6, 6.07) is 1.03. The third kappa shape index (κ3) is 2.86. The van der Waals surface area contributed by atoms with Crippen molar-refractivity contribution >= 4 is 0 Å². The van der Waals surface area contributed by atoms with Crippen LogP contribution in [0.5, 0.6) is 0 Å². The van der Waals surface area contributed by atoms with E-state index in [0.29, 0.717) is 18.0 Å². The zero-order valence-electron chi connectivity index (χ0n) is 11.4. The number of hydrogen-bond acceptors (Lipinski definition) is 3. The first-order valence-electron chi connectivity index (χ1n) is 6.73. The Kier molecular flexibility index (Phi) is 3.82. The molecule has 2 heterocycles. The van der Waals surface area contributed by atoms with Crippen molar-refractivity contribution < 1.29 is 0 Å². The molecule has 1 aromatic heterocycles. The van der Waals surface area contributed by atoms with Crippen LogP contribution in [0.4, 0.5) is 0 Å². The molecular formula is C13H24N4. The SMILES string of the molecule is CC(C)N1CCC(c2cnn(C(C)C)n2)CC1. The number of hydrogen-bond donors (Lipinski definition) is 0. The highest BCUT2D eigenvalue weighted by Gasteiger charge is 2.24. The molecule has 0 amide bonds. The summed E-state index contributed by atoms with van der Waals surface area (Å²) in [5.41, 5.74) is 1.18. The number of aromatic nitrogens is 3. The summed E-state index contributed by atoms with van der Waals surface area (Å²) < 4.78 is 0. The summed E-state index contributed by atoms with van der Waals surface area (Å²) in [6.45, 7) is 11.2. The maximum absolute atomic E-state index is 4.59. The Morgan fingerprint density at radius 3 is 2.24 bits per heavy atom. The number of nitrogens with zero attached hydrogens (tertiary/aromatic N) is 4. The van der Waals surface area contributed by atoms with Crippen LogP contribution in [0.3, 0.4) is 0 Å². The van der Waals surface area contributed by atoms with Gasteiger partial charge in [-0.1, -0.05) is 0 Å². The maximum Gasteiger partial charge on any atom is 0.0859 e. The third-order valence-corrected chi connectivity index (χ3v) is 3.67. The van der Waals surface area contributed by atoms with Crippen molar-refractivity contribution in [3.05, 3.63) is 11.9 Å². The van der Waals surface area contributed by atoms with Gasteiger partial charge in [-0.2, -0.15) is 15.0 Å². The van der Waals surface area contributed by atoms with Gasteiger partial charge in [0.15, 0.2) is 0 Å². The van der Waals surface area contributed by atoms with Gasteiger partial charge in [-0.15, -0.1) is 0 Å². The van der Waals surface area contributed by atoms with E-state index in [2.05, 4.69) is 42.8 Å². The van der Waals surface area contributed by atoms with Crippen LogP contribution in [-0.4, -0.2) is 39.0 Å².